The topological polar surface area (TPSA) is 65.4 Å². The Hall–Kier alpha value is 0.318. The van der Waals surface area contributed by atoms with Gasteiger partial charge < -0.3 is 0 Å². The summed E-state index contributed by atoms with van der Waals surface area (Å²) in [5.41, 5.74) is 2.02. The SMILES string of the molecule is CN(CCO)CCO[As](C)OCCN(C)CCO. The number of hydrogen-bond donors (Lipinski definition) is 2. The molecule has 18 heavy (non-hydrogen) atoms. The van der Waals surface area contributed by atoms with Gasteiger partial charge in [0, 0.05) is 0 Å². The van der Waals surface area contributed by atoms with E-state index in [0.717, 1.165) is 13.1 Å². The maximum atomic E-state index is 8.74. The van der Waals surface area contributed by atoms with Gasteiger partial charge in [0.25, 0.3) is 0 Å². The molecule has 0 aromatic carbocycles. The van der Waals surface area contributed by atoms with Crippen molar-refractivity contribution in [1.82, 2.24) is 9.80 Å². The fourth-order valence-electron chi connectivity index (χ4n) is 1.25. The fourth-order valence-corrected chi connectivity index (χ4v) is 2.83. The molecule has 0 radical (unpaired) electrons. The molecule has 0 unspecified atom stereocenters. The Morgan fingerprint density at radius 3 is 1.56 bits per heavy atom. The van der Waals surface area contributed by atoms with E-state index in [1.54, 1.807) is 0 Å². The molecule has 0 bridgehead atoms. The van der Waals surface area contributed by atoms with Crippen molar-refractivity contribution in [3.63, 3.8) is 0 Å². The number of likely N-dealkylation sites (N-methyl/N-ethyl adjacent to an activating group) is 2. The molecule has 0 fully saturated rings. The van der Waals surface area contributed by atoms with Crippen molar-refractivity contribution in [3.05, 3.63) is 0 Å². The number of rotatable bonds is 12. The van der Waals surface area contributed by atoms with E-state index in [0.29, 0.717) is 26.3 Å². The predicted octanol–water partition coefficient (Wildman–Crippen LogP) is -1.01. The van der Waals surface area contributed by atoms with Crippen LogP contribution in [0.4, 0.5) is 0 Å². The molecule has 0 aliphatic rings. The van der Waals surface area contributed by atoms with Crippen molar-refractivity contribution in [2.45, 2.75) is 5.71 Å². The van der Waals surface area contributed by atoms with Crippen molar-refractivity contribution in [1.29, 1.82) is 0 Å². The second-order valence-electron chi connectivity index (χ2n) is 4.16. The summed E-state index contributed by atoms with van der Waals surface area (Å²) < 4.78 is 11.3. The second kappa shape index (κ2) is 12.4. The van der Waals surface area contributed by atoms with Gasteiger partial charge in [-0.1, -0.05) is 0 Å². The second-order valence-corrected chi connectivity index (χ2v) is 7.09. The normalized spacial score (nSPS) is 12.0. The van der Waals surface area contributed by atoms with E-state index in [2.05, 4.69) is 0 Å². The zero-order valence-electron chi connectivity index (χ0n) is 11.7. The Labute approximate surface area is 115 Å². The van der Waals surface area contributed by atoms with E-state index in [4.69, 9.17) is 17.7 Å². The summed E-state index contributed by atoms with van der Waals surface area (Å²) in [6, 6.07) is 0. The molecule has 0 spiro atoms. The van der Waals surface area contributed by atoms with Gasteiger partial charge in [-0.2, -0.15) is 0 Å². The quantitative estimate of drug-likeness (QED) is 0.448. The van der Waals surface area contributed by atoms with Crippen LogP contribution in [0.2, 0.25) is 5.71 Å². The summed E-state index contributed by atoms with van der Waals surface area (Å²) >= 11 is -1.60. The van der Waals surface area contributed by atoms with E-state index in [9.17, 15) is 0 Å². The van der Waals surface area contributed by atoms with Crippen LogP contribution >= 0.6 is 0 Å². The summed E-state index contributed by atoms with van der Waals surface area (Å²) in [7, 11) is 3.91. The molecule has 0 amide bonds. The van der Waals surface area contributed by atoms with Gasteiger partial charge in [0.05, 0.1) is 0 Å². The van der Waals surface area contributed by atoms with Gasteiger partial charge in [0.1, 0.15) is 0 Å². The molecular weight excluding hydrogens is 299 g/mol. The molecule has 2 N–H and O–H groups in total. The summed E-state index contributed by atoms with van der Waals surface area (Å²) in [5.74, 6) is 0. The van der Waals surface area contributed by atoms with Gasteiger partial charge in [-0.15, -0.1) is 0 Å². The number of hydrogen-bond acceptors (Lipinski definition) is 6. The van der Waals surface area contributed by atoms with Crippen LogP contribution in [-0.4, -0.2) is 102 Å². The van der Waals surface area contributed by atoms with E-state index in [1.165, 1.54) is 0 Å². The Morgan fingerprint density at radius 2 is 1.22 bits per heavy atom. The Morgan fingerprint density at radius 1 is 0.833 bits per heavy atom. The van der Waals surface area contributed by atoms with Gasteiger partial charge in [-0.25, -0.2) is 0 Å². The minimum absolute atomic E-state index is 0.178. The van der Waals surface area contributed by atoms with Crippen LogP contribution in [0.25, 0.3) is 0 Å². The van der Waals surface area contributed by atoms with Crippen LogP contribution in [0.15, 0.2) is 0 Å². The van der Waals surface area contributed by atoms with E-state index < -0.39 is 15.3 Å². The molecule has 0 saturated heterocycles. The summed E-state index contributed by atoms with van der Waals surface area (Å²) in [6.45, 7) is 4.63. The van der Waals surface area contributed by atoms with Gasteiger partial charge in [0.2, 0.25) is 0 Å². The molecule has 0 saturated carbocycles. The van der Waals surface area contributed by atoms with Gasteiger partial charge in [-0.3, -0.25) is 0 Å². The molecule has 0 aliphatic carbocycles. The van der Waals surface area contributed by atoms with E-state index >= 15 is 0 Å². The zero-order valence-corrected chi connectivity index (χ0v) is 13.6. The first-order chi connectivity index (χ1) is 8.60. The number of aliphatic hydroxyl groups is 2. The molecule has 110 valence electrons. The molecule has 7 heteroatoms. The fraction of sp³-hybridized carbons (Fsp3) is 1.00. The number of aliphatic hydroxyl groups excluding tert-OH is 2. The molecule has 0 aliphatic heterocycles. The van der Waals surface area contributed by atoms with Crippen LogP contribution in [-0.2, 0) is 7.45 Å². The van der Waals surface area contributed by atoms with Gasteiger partial charge >= 0.3 is 115 Å². The van der Waals surface area contributed by atoms with Crippen molar-refractivity contribution in [2.24, 2.45) is 0 Å². The van der Waals surface area contributed by atoms with Crippen LogP contribution in [0, 0.1) is 0 Å². The third kappa shape index (κ3) is 11.4. The third-order valence-corrected chi connectivity index (χ3v) is 4.75. The van der Waals surface area contributed by atoms with Gasteiger partial charge in [-0.05, 0) is 0 Å². The molecule has 0 heterocycles. The molecule has 6 nitrogen and oxygen atoms in total. The van der Waals surface area contributed by atoms with Crippen LogP contribution < -0.4 is 0 Å². The minimum atomic E-state index is -1.60. The van der Waals surface area contributed by atoms with Crippen molar-refractivity contribution in [2.75, 3.05) is 66.7 Å². The molecule has 0 aromatic rings. The molecule has 0 aromatic heterocycles. The van der Waals surface area contributed by atoms with Crippen LogP contribution in [0.1, 0.15) is 0 Å². The van der Waals surface area contributed by atoms with Gasteiger partial charge in [0.15, 0.2) is 0 Å². The average Bonchev–Trinajstić information content (AvgIpc) is 2.29. The first kappa shape index (κ1) is 18.3. The standard InChI is InChI=1S/C11H27AsN2O4/c1-12(17-10-6-13(2)4-8-15)18-11-7-14(3)5-9-16/h15-16H,4-11H2,1-3H3. The average molecular weight is 326 g/mol. The molecular formula is C11H27AsN2O4. The van der Waals surface area contributed by atoms with Crippen molar-refractivity contribution < 1.29 is 17.7 Å². The van der Waals surface area contributed by atoms with E-state index in [1.807, 2.05) is 29.6 Å². The summed E-state index contributed by atoms with van der Waals surface area (Å²) in [6.07, 6.45) is 0. The molecule has 0 rings (SSSR count). The first-order valence-corrected chi connectivity index (χ1v) is 9.59. The number of nitrogens with zero attached hydrogens (tertiary/aromatic N) is 2. The Kier molecular flexibility index (Phi) is 12.6. The zero-order chi connectivity index (χ0) is 13.8. The summed E-state index contributed by atoms with van der Waals surface area (Å²) in [4.78, 5) is 4.05. The maximum absolute atomic E-state index is 8.74. The monoisotopic (exact) mass is 326 g/mol. The predicted molar refractivity (Wildman–Crippen MR) is 72.7 cm³/mol. The van der Waals surface area contributed by atoms with Crippen LogP contribution in [0.3, 0.4) is 0 Å². The molecule has 0 atom stereocenters. The summed E-state index contributed by atoms with van der Waals surface area (Å²) in [5, 5.41) is 17.5. The van der Waals surface area contributed by atoms with E-state index in [-0.39, 0.29) is 13.2 Å². The third-order valence-electron chi connectivity index (χ3n) is 2.46. The van der Waals surface area contributed by atoms with Crippen molar-refractivity contribution >= 4 is 15.3 Å². The Balaban J connectivity index is 3.39. The van der Waals surface area contributed by atoms with Crippen molar-refractivity contribution in [3.8, 4) is 0 Å². The first-order valence-electron chi connectivity index (χ1n) is 6.18. The Bertz CT molecular complexity index is 170. The van der Waals surface area contributed by atoms with Crippen LogP contribution in [0.5, 0.6) is 0 Å².